The molecule has 2 rings (SSSR count). The topological polar surface area (TPSA) is 0 Å². The van der Waals surface area contributed by atoms with Crippen LogP contribution in [0.2, 0.25) is 0 Å². The first-order chi connectivity index (χ1) is 7.24. The minimum atomic E-state index is 0.730. The SMILES string of the molecule is ICC(I)C1CCC(I)c2ccccc21. The fourth-order valence-electron chi connectivity index (χ4n) is 2.25. The quantitative estimate of drug-likeness (QED) is 0.356. The molecule has 0 aromatic heterocycles. The number of hydrogen-bond donors (Lipinski definition) is 0. The van der Waals surface area contributed by atoms with Gasteiger partial charge in [0.2, 0.25) is 0 Å². The van der Waals surface area contributed by atoms with E-state index in [0.29, 0.717) is 0 Å². The number of rotatable bonds is 2. The van der Waals surface area contributed by atoms with Crippen LogP contribution in [-0.2, 0) is 0 Å². The van der Waals surface area contributed by atoms with Crippen LogP contribution in [0.15, 0.2) is 24.3 Å². The smallest absolute Gasteiger partial charge is 0.0362 e. The van der Waals surface area contributed by atoms with Gasteiger partial charge in [0.05, 0.1) is 0 Å². The van der Waals surface area contributed by atoms with Gasteiger partial charge in [-0.25, -0.2) is 0 Å². The van der Waals surface area contributed by atoms with Gasteiger partial charge in [0.1, 0.15) is 0 Å². The zero-order valence-corrected chi connectivity index (χ0v) is 14.8. The van der Waals surface area contributed by atoms with E-state index in [2.05, 4.69) is 92.0 Å². The molecule has 0 saturated heterocycles. The van der Waals surface area contributed by atoms with Gasteiger partial charge in [-0.05, 0) is 29.9 Å². The van der Waals surface area contributed by atoms with E-state index in [0.717, 1.165) is 13.8 Å². The molecule has 3 atom stereocenters. The van der Waals surface area contributed by atoms with Crippen molar-refractivity contribution in [3.8, 4) is 0 Å². The Morgan fingerprint density at radius 2 is 1.87 bits per heavy atom. The Morgan fingerprint density at radius 1 is 1.20 bits per heavy atom. The first-order valence-corrected chi connectivity index (χ1v) is 9.18. The van der Waals surface area contributed by atoms with Crippen LogP contribution in [0.5, 0.6) is 0 Å². The van der Waals surface area contributed by atoms with Crippen LogP contribution in [0.4, 0.5) is 0 Å². The van der Waals surface area contributed by atoms with Crippen LogP contribution in [0.1, 0.15) is 33.8 Å². The van der Waals surface area contributed by atoms with Gasteiger partial charge in [0.25, 0.3) is 0 Å². The summed E-state index contributed by atoms with van der Waals surface area (Å²) in [7, 11) is 0. The molecular formula is C12H13I3. The largest absolute Gasteiger partial charge is 0.0852 e. The Morgan fingerprint density at radius 3 is 2.53 bits per heavy atom. The van der Waals surface area contributed by atoms with Crippen molar-refractivity contribution in [3.05, 3.63) is 35.4 Å². The Bertz CT molecular complexity index is 337. The third-order valence-corrected chi connectivity index (χ3v) is 8.28. The first kappa shape index (κ1) is 12.9. The van der Waals surface area contributed by atoms with E-state index in [9.17, 15) is 0 Å². The number of halogens is 3. The van der Waals surface area contributed by atoms with Crippen LogP contribution < -0.4 is 0 Å². The Labute approximate surface area is 132 Å². The molecule has 0 N–H and O–H groups in total. The minimum Gasteiger partial charge on any atom is -0.0852 e. The average Bonchev–Trinajstić information content (AvgIpc) is 2.29. The highest BCUT2D eigenvalue weighted by atomic mass is 127. The van der Waals surface area contributed by atoms with Crippen molar-refractivity contribution < 1.29 is 0 Å². The average molecular weight is 538 g/mol. The zero-order valence-electron chi connectivity index (χ0n) is 8.30. The van der Waals surface area contributed by atoms with Crippen LogP contribution >= 0.6 is 67.8 Å². The molecule has 0 radical (unpaired) electrons. The zero-order chi connectivity index (χ0) is 10.8. The highest BCUT2D eigenvalue weighted by molar-refractivity contribution is 14.1. The lowest BCUT2D eigenvalue weighted by Crippen LogP contribution is -2.20. The van der Waals surface area contributed by atoms with Gasteiger partial charge in [0, 0.05) is 12.3 Å². The fraction of sp³-hybridized carbons (Fsp3) is 0.500. The predicted octanol–water partition coefficient (Wildman–Crippen LogP) is 5.28. The highest BCUT2D eigenvalue weighted by Gasteiger charge is 2.28. The first-order valence-electron chi connectivity index (χ1n) is 5.17. The second-order valence-electron chi connectivity index (χ2n) is 3.95. The lowest BCUT2D eigenvalue weighted by atomic mass is 9.81. The van der Waals surface area contributed by atoms with Gasteiger partial charge in [-0.3, -0.25) is 0 Å². The lowest BCUT2D eigenvalue weighted by Gasteiger charge is -2.31. The van der Waals surface area contributed by atoms with E-state index in [-0.39, 0.29) is 0 Å². The summed E-state index contributed by atoms with van der Waals surface area (Å²) in [5, 5.41) is 0. The van der Waals surface area contributed by atoms with Gasteiger partial charge in [-0.1, -0.05) is 92.0 Å². The molecule has 1 aliphatic rings. The lowest BCUT2D eigenvalue weighted by molar-refractivity contribution is 0.564. The van der Waals surface area contributed by atoms with E-state index in [4.69, 9.17) is 0 Å². The summed E-state index contributed by atoms with van der Waals surface area (Å²) in [4.78, 5) is 0. The summed E-state index contributed by atoms with van der Waals surface area (Å²) in [6.07, 6.45) is 2.71. The third-order valence-electron chi connectivity index (χ3n) is 3.05. The molecule has 0 nitrogen and oxygen atoms in total. The molecule has 82 valence electrons. The standard InChI is InChI=1S/C12H13I3/c13-7-12(15)10-5-6-11(14)9-4-2-1-3-8(9)10/h1-4,10-12H,5-7H2. The molecular weight excluding hydrogens is 525 g/mol. The maximum atomic E-state index is 2.62. The van der Waals surface area contributed by atoms with Crippen LogP contribution in [0.3, 0.4) is 0 Å². The van der Waals surface area contributed by atoms with Crippen molar-refractivity contribution in [1.82, 2.24) is 0 Å². The fourth-order valence-corrected chi connectivity index (χ4v) is 4.54. The Balaban J connectivity index is 2.36. The van der Waals surface area contributed by atoms with E-state index in [1.165, 1.54) is 17.3 Å². The number of benzene rings is 1. The molecule has 0 bridgehead atoms. The second kappa shape index (κ2) is 5.84. The van der Waals surface area contributed by atoms with Gasteiger partial charge >= 0.3 is 0 Å². The van der Waals surface area contributed by atoms with Gasteiger partial charge in [-0.15, -0.1) is 0 Å². The normalized spacial score (nSPS) is 27.1. The Kier molecular flexibility index (Phi) is 5.00. The van der Waals surface area contributed by atoms with Gasteiger partial charge in [0.15, 0.2) is 0 Å². The van der Waals surface area contributed by atoms with Crippen molar-refractivity contribution in [3.63, 3.8) is 0 Å². The summed E-state index contributed by atoms with van der Waals surface area (Å²) < 4.78 is 2.77. The third kappa shape index (κ3) is 2.81. The van der Waals surface area contributed by atoms with Crippen molar-refractivity contribution in [1.29, 1.82) is 0 Å². The van der Waals surface area contributed by atoms with E-state index >= 15 is 0 Å². The Hall–Kier alpha value is 1.41. The molecule has 0 aliphatic heterocycles. The second-order valence-corrected chi connectivity index (χ2v) is 7.93. The summed E-state index contributed by atoms with van der Waals surface area (Å²) in [5.74, 6) is 0.782. The van der Waals surface area contributed by atoms with Crippen LogP contribution in [0.25, 0.3) is 0 Å². The van der Waals surface area contributed by atoms with Crippen molar-refractivity contribution in [2.45, 2.75) is 26.6 Å². The molecule has 0 heterocycles. The molecule has 15 heavy (non-hydrogen) atoms. The summed E-state index contributed by atoms with van der Waals surface area (Å²) >= 11 is 7.72. The molecule has 1 aromatic carbocycles. The molecule has 3 heteroatoms. The van der Waals surface area contributed by atoms with E-state index < -0.39 is 0 Å². The molecule has 0 spiro atoms. The summed E-state index contributed by atoms with van der Waals surface area (Å²) in [5.41, 5.74) is 3.19. The molecule has 0 amide bonds. The minimum absolute atomic E-state index is 0.730. The summed E-state index contributed by atoms with van der Waals surface area (Å²) in [6.45, 7) is 0. The molecule has 0 saturated carbocycles. The highest BCUT2D eigenvalue weighted by Crippen LogP contribution is 2.45. The molecule has 1 aromatic rings. The summed E-state index contributed by atoms with van der Waals surface area (Å²) in [6, 6.07) is 9.02. The number of fused-ring (bicyclic) bond motifs is 1. The number of hydrogen-bond acceptors (Lipinski definition) is 0. The van der Waals surface area contributed by atoms with Crippen molar-refractivity contribution in [2.24, 2.45) is 0 Å². The van der Waals surface area contributed by atoms with Crippen molar-refractivity contribution >= 4 is 67.8 Å². The van der Waals surface area contributed by atoms with Gasteiger partial charge in [-0.2, -0.15) is 0 Å². The molecule has 1 aliphatic carbocycles. The van der Waals surface area contributed by atoms with Gasteiger partial charge < -0.3 is 0 Å². The predicted molar refractivity (Wildman–Crippen MR) is 91.9 cm³/mol. The van der Waals surface area contributed by atoms with E-state index in [1.807, 2.05) is 0 Å². The van der Waals surface area contributed by atoms with Crippen LogP contribution in [0, 0.1) is 0 Å². The molecule has 0 fully saturated rings. The maximum absolute atomic E-state index is 2.62. The maximum Gasteiger partial charge on any atom is 0.0362 e. The number of alkyl halides is 3. The van der Waals surface area contributed by atoms with E-state index in [1.54, 1.807) is 11.1 Å². The monoisotopic (exact) mass is 538 g/mol. The van der Waals surface area contributed by atoms with Crippen molar-refractivity contribution in [2.75, 3.05) is 4.43 Å². The van der Waals surface area contributed by atoms with Crippen LogP contribution in [-0.4, -0.2) is 8.35 Å². The molecule has 3 unspecified atom stereocenters.